The lowest BCUT2D eigenvalue weighted by Crippen LogP contribution is -1.98. The van der Waals surface area contributed by atoms with E-state index in [4.69, 9.17) is 4.98 Å². The average molecular weight is 344 g/mol. The van der Waals surface area contributed by atoms with E-state index in [1.807, 2.05) is 47.9 Å². The predicted molar refractivity (Wildman–Crippen MR) is 101 cm³/mol. The molecule has 128 valence electrons. The number of nitrogens with zero attached hydrogens (tertiary/aromatic N) is 2. The minimum Gasteiger partial charge on any atom is -0.298 e. The van der Waals surface area contributed by atoms with Crippen molar-refractivity contribution >= 4 is 11.4 Å². The van der Waals surface area contributed by atoms with Gasteiger partial charge >= 0.3 is 0 Å². The van der Waals surface area contributed by atoms with Crippen LogP contribution in [-0.2, 0) is 0 Å². The van der Waals surface area contributed by atoms with E-state index in [9.17, 15) is 9.18 Å². The first kappa shape index (κ1) is 16.2. The number of Topliss-reactive ketones (excluding diaryl/α,β-unsaturated/α-hetero) is 1. The van der Waals surface area contributed by atoms with E-state index in [0.717, 1.165) is 28.1 Å². The van der Waals surface area contributed by atoms with Gasteiger partial charge < -0.3 is 0 Å². The van der Waals surface area contributed by atoms with Gasteiger partial charge in [0.1, 0.15) is 11.5 Å². The number of hydrogen-bond donors (Lipinski definition) is 0. The van der Waals surface area contributed by atoms with E-state index in [1.54, 1.807) is 18.2 Å². The Labute approximate surface area is 150 Å². The molecule has 4 aromatic rings. The number of halogens is 1. The zero-order valence-corrected chi connectivity index (χ0v) is 14.5. The van der Waals surface area contributed by atoms with Crippen LogP contribution < -0.4 is 0 Å². The van der Waals surface area contributed by atoms with Crippen LogP contribution in [0.15, 0.2) is 66.9 Å². The lowest BCUT2D eigenvalue weighted by atomic mass is 10.0. The first-order valence-electron chi connectivity index (χ1n) is 8.39. The topological polar surface area (TPSA) is 34.4 Å². The number of carbonyl (C=O) groups is 1. The van der Waals surface area contributed by atoms with E-state index >= 15 is 0 Å². The summed E-state index contributed by atoms with van der Waals surface area (Å²) < 4.78 is 15.3. The molecule has 0 fully saturated rings. The van der Waals surface area contributed by atoms with Crippen molar-refractivity contribution in [1.82, 2.24) is 9.38 Å². The highest BCUT2D eigenvalue weighted by Gasteiger charge is 2.19. The van der Waals surface area contributed by atoms with E-state index in [2.05, 4.69) is 0 Å². The number of pyridine rings is 1. The Morgan fingerprint density at radius 2 is 1.62 bits per heavy atom. The van der Waals surface area contributed by atoms with Crippen LogP contribution in [0.5, 0.6) is 0 Å². The number of hydrogen-bond acceptors (Lipinski definition) is 2. The van der Waals surface area contributed by atoms with E-state index in [0.29, 0.717) is 11.2 Å². The van der Waals surface area contributed by atoms with Crippen LogP contribution in [-0.4, -0.2) is 15.2 Å². The minimum atomic E-state index is -0.288. The van der Waals surface area contributed by atoms with Gasteiger partial charge in [-0.15, -0.1) is 0 Å². The molecular formula is C22H17FN2O. The highest BCUT2D eigenvalue weighted by Crippen LogP contribution is 2.34. The van der Waals surface area contributed by atoms with Crippen LogP contribution in [0.4, 0.5) is 4.39 Å². The number of fused-ring (bicyclic) bond motifs is 1. The molecule has 0 aliphatic heterocycles. The number of rotatable bonds is 3. The first-order valence-corrected chi connectivity index (χ1v) is 8.39. The summed E-state index contributed by atoms with van der Waals surface area (Å²) in [6.07, 6.45) is 1.88. The van der Waals surface area contributed by atoms with Gasteiger partial charge in [-0.1, -0.05) is 29.8 Å². The molecule has 26 heavy (non-hydrogen) atoms. The summed E-state index contributed by atoms with van der Waals surface area (Å²) in [5.41, 5.74) is 5.73. The molecule has 4 heteroatoms. The fourth-order valence-electron chi connectivity index (χ4n) is 3.14. The Bertz CT molecular complexity index is 1110. The number of ketones is 1. The molecule has 0 aliphatic carbocycles. The van der Waals surface area contributed by atoms with Crippen LogP contribution in [0.3, 0.4) is 0 Å². The molecule has 0 aliphatic rings. The minimum absolute atomic E-state index is 0.0401. The number of benzene rings is 2. The smallest absolute Gasteiger partial charge is 0.163 e. The van der Waals surface area contributed by atoms with E-state index in [-0.39, 0.29) is 11.6 Å². The van der Waals surface area contributed by atoms with Crippen LogP contribution in [0.1, 0.15) is 22.8 Å². The Balaban J connectivity index is 2.07. The van der Waals surface area contributed by atoms with Crippen molar-refractivity contribution in [2.75, 3.05) is 0 Å². The number of aromatic nitrogens is 2. The van der Waals surface area contributed by atoms with Crippen molar-refractivity contribution in [1.29, 1.82) is 0 Å². The summed E-state index contributed by atoms with van der Waals surface area (Å²) >= 11 is 0. The fourth-order valence-corrected chi connectivity index (χ4v) is 3.14. The number of aryl methyl sites for hydroxylation is 1. The van der Waals surface area contributed by atoms with Crippen molar-refractivity contribution in [2.24, 2.45) is 0 Å². The predicted octanol–water partition coefficient (Wildman–Crippen LogP) is 5.32. The number of imidazole rings is 1. The maximum atomic E-state index is 13.4. The van der Waals surface area contributed by atoms with Crippen molar-refractivity contribution in [3.8, 4) is 22.5 Å². The Kier molecular flexibility index (Phi) is 3.88. The van der Waals surface area contributed by atoms with Crippen molar-refractivity contribution < 1.29 is 9.18 Å². The molecule has 2 aromatic heterocycles. The van der Waals surface area contributed by atoms with Crippen LogP contribution in [0.2, 0.25) is 0 Å². The first-order chi connectivity index (χ1) is 12.5. The third kappa shape index (κ3) is 2.69. The zero-order chi connectivity index (χ0) is 18.3. The molecule has 0 saturated heterocycles. The molecule has 2 heterocycles. The summed E-state index contributed by atoms with van der Waals surface area (Å²) in [6.45, 7) is 3.56. The van der Waals surface area contributed by atoms with Gasteiger partial charge in [-0.2, -0.15) is 0 Å². The number of carbonyl (C=O) groups excluding carboxylic acids is 1. The maximum Gasteiger partial charge on any atom is 0.163 e. The Morgan fingerprint density at radius 1 is 0.962 bits per heavy atom. The third-order valence-electron chi connectivity index (χ3n) is 4.47. The van der Waals surface area contributed by atoms with Gasteiger partial charge in [-0.05, 0) is 50.2 Å². The summed E-state index contributed by atoms with van der Waals surface area (Å²) in [7, 11) is 0. The van der Waals surface area contributed by atoms with Gasteiger partial charge in [-0.25, -0.2) is 9.37 Å². The molecule has 3 nitrogen and oxygen atoms in total. The molecule has 0 saturated carbocycles. The van der Waals surface area contributed by atoms with E-state index < -0.39 is 0 Å². The SMILES string of the molecule is CC(=O)c1cccn2c(-c3ccc(F)cc3)c(-c3ccc(C)cc3)nc12. The van der Waals surface area contributed by atoms with Gasteiger partial charge in [0.05, 0.1) is 17.0 Å². The highest BCUT2D eigenvalue weighted by molar-refractivity contribution is 6.01. The maximum absolute atomic E-state index is 13.4. The quantitative estimate of drug-likeness (QED) is 0.472. The molecule has 0 unspecified atom stereocenters. The summed E-state index contributed by atoms with van der Waals surface area (Å²) in [4.78, 5) is 16.8. The van der Waals surface area contributed by atoms with Crippen LogP contribution in [0, 0.1) is 12.7 Å². The summed E-state index contributed by atoms with van der Waals surface area (Å²) in [6, 6.07) is 18.0. The molecule has 0 N–H and O–H groups in total. The molecule has 4 rings (SSSR count). The van der Waals surface area contributed by atoms with E-state index in [1.165, 1.54) is 19.1 Å². The lowest BCUT2D eigenvalue weighted by Gasteiger charge is -2.07. The second kappa shape index (κ2) is 6.23. The van der Waals surface area contributed by atoms with Crippen LogP contribution >= 0.6 is 0 Å². The van der Waals surface area contributed by atoms with Gasteiger partial charge in [0.2, 0.25) is 0 Å². The lowest BCUT2D eigenvalue weighted by molar-refractivity contribution is 0.101. The molecular weight excluding hydrogens is 327 g/mol. The third-order valence-corrected chi connectivity index (χ3v) is 4.47. The normalized spacial score (nSPS) is 11.0. The largest absolute Gasteiger partial charge is 0.298 e. The van der Waals surface area contributed by atoms with Gasteiger partial charge in [-0.3, -0.25) is 9.20 Å². The Morgan fingerprint density at radius 3 is 2.27 bits per heavy atom. The molecule has 0 amide bonds. The average Bonchev–Trinajstić information content (AvgIpc) is 3.02. The summed E-state index contributed by atoms with van der Waals surface area (Å²) in [5, 5.41) is 0. The second-order valence-corrected chi connectivity index (χ2v) is 6.35. The summed E-state index contributed by atoms with van der Waals surface area (Å²) in [5.74, 6) is -0.328. The monoisotopic (exact) mass is 344 g/mol. The standard InChI is InChI=1S/C22H17FN2O/c1-14-5-7-16(8-6-14)20-21(17-9-11-18(23)12-10-17)25-13-3-4-19(15(2)26)22(25)24-20/h3-13H,1-2H3. The Hall–Kier alpha value is -3.27. The molecule has 0 atom stereocenters. The fraction of sp³-hybridized carbons (Fsp3) is 0.0909. The van der Waals surface area contributed by atoms with Crippen molar-refractivity contribution in [2.45, 2.75) is 13.8 Å². The highest BCUT2D eigenvalue weighted by atomic mass is 19.1. The molecule has 2 aromatic carbocycles. The molecule has 0 spiro atoms. The molecule has 0 radical (unpaired) electrons. The van der Waals surface area contributed by atoms with Crippen LogP contribution in [0.25, 0.3) is 28.2 Å². The molecule has 0 bridgehead atoms. The van der Waals surface area contributed by atoms with Gasteiger partial charge in [0.25, 0.3) is 0 Å². The van der Waals surface area contributed by atoms with Crippen molar-refractivity contribution in [3.63, 3.8) is 0 Å². The van der Waals surface area contributed by atoms with Gasteiger partial charge in [0, 0.05) is 17.3 Å². The zero-order valence-electron chi connectivity index (χ0n) is 14.5. The second-order valence-electron chi connectivity index (χ2n) is 6.35. The van der Waals surface area contributed by atoms with Gasteiger partial charge in [0.15, 0.2) is 5.78 Å². The van der Waals surface area contributed by atoms with Crippen molar-refractivity contribution in [3.05, 3.63) is 83.8 Å².